The summed E-state index contributed by atoms with van der Waals surface area (Å²) in [7, 11) is 0. The van der Waals surface area contributed by atoms with Gasteiger partial charge in [0.2, 0.25) is 0 Å². The summed E-state index contributed by atoms with van der Waals surface area (Å²) in [6.07, 6.45) is 4.66. The van der Waals surface area contributed by atoms with E-state index >= 15 is 0 Å². The SMILES string of the molecule is Cc1nc2c(c(C(C)(C)N)n1)CCCC2. The molecule has 0 saturated carbocycles. The summed E-state index contributed by atoms with van der Waals surface area (Å²) in [5.74, 6) is 0.851. The maximum absolute atomic E-state index is 6.16. The second-order valence-electron chi connectivity index (χ2n) is 4.97. The van der Waals surface area contributed by atoms with Crippen molar-refractivity contribution in [1.82, 2.24) is 9.97 Å². The van der Waals surface area contributed by atoms with Crippen LogP contribution >= 0.6 is 0 Å². The summed E-state index contributed by atoms with van der Waals surface area (Å²) in [5, 5.41) is 0. The highest BCUT2D eigenvalue weighted by Gasteiger charge is 2.25. The summed E-state index contributed by atoms with van der Waals surface area (Å²) in [6, 6.07) is 0. The van der Waals surface area contributed by atoms with Crippen molar-refractivity contribution in [1.29, 1.82) is 0 Å². The number of hydrogen-bond donors (Lipinski definition) is 1. The van der Waals surface area contributed by atoms with E-state index in [1.807, 2.05) is 20.8 Å². The monoisotopic (exact) mass is 205 g/mol. The van der Waals surface area contributed by atoms with Crippen molar-refractivity contribution in [2.24, 2.45) is 5.73 Å². The zero-order valence-electron chi connectivity index (χ0n) is 9.80. The van der Waals surface area contributed by atoms with Gasteiger partial charge in [0.1, 0.15) is 5.82 Å². The molecule has 1 aliphatic carbocycles. The van der Waals surface area contributed by atoms with Gasteiger partial charge in [-0.25, -0.2) is 9.97 Å². The Hall–Kier alpha value is -0.960. The zero-order valence-corrected chi connectivity index (χ0v) is 9.80. The number of aryl methyl sites for hydroxylation is 2. The molecule has 0 aromatic carbocycles. The molecule has 0 aliphatic heterocycles. The fourth-order valence-corrected chi connectivity index (χ4v) is 2.25. The van der Waals surface area contributed by atoms with Crippen LogP contribution in [0.3, 0.4) is 0 Å². The molecule has 1 heterocycles. The molecule has 0 amide bonds. The molecule has 1 aromatic rings. The van der Waals surface area contributed by atoms with Crippen LogP contribution in [-0.4, -0.2) is 9.97 Å². The van der Waals surface area contributed by atoms with E-state index in [4.69, 9.17) is 5.73 Å². The third-order valence-corrected chi connectivity index (χ3v) is 2.91. The van der Waals surface area contributed by atoms with Crippen molar-refractivity contribution in [3.63, 3.8) is 0 Å². The fourth-order valence-electron chi connectivity index (χ4n) is 2.25. The van der Waals surface area contributed by atoms with Gasteiger partial charge >= 0.3 is 0 Å². The van der Waals surface area contributed by atoms with E-state index in [1.54, 1.807) is 0 Å². The summed E-state index contributed by atoms with van der Waals surface area (Å²) in [6.45, 7) is 5.98. The smallest absolute Gasteiger partial charge is 0.125 e. The fraction of sp³-hybridized carbons (Fsp3) is 0.667. The zero-order chi connectivity index (χ0) is 11.1. The van der Waals surface area contributed by atoms with Crippen molar-refractivity contribution in [3.8, 4) is 0 Å². The van der Waals surface area contributed by atoms with Crippen LogP contribution in [0.5, 0.6) is 0 Å². The van der Waals surface area contributed by atoms with Crippen LogP contribution in [0.2, 0.25) is 0 Å². The van der Waals surface area contributed by atoms with Gasteiger partial charge in [0, 0.05) is 5.69 Å². The highest BCUT2D eigenvalue weighted by Crippen LogP contribution is 2.27. The third-order valence-electron chi connectivity index (χ3n) is 2.91. The molecule has 2 N–H and O–H groups in total. The van der Waals surface area contributed by atoms with Crippen LogP contribution < -0.4 is 5.73 Å². The van der Waals surface area contributed by atoms with Gasteiger partial charge in [0.25, 0.3) is 0 Å². The first-order chi connectivity index (χ1) is 6.98. The molecule has 0 radical (unpaired) electrons. The van der Waals surface area contributed by atoms with Gasteiger partial charge in [0.05, 0.1) is 11.2 Å². The van der Waals surface area contributed by atoms with E-state index in [2.05, 4.69) is 9.97 Å². The second kappa shape index (κ2) is 3.56. The molecule has 1 aliphatic rings. The molecule has 1 aromatic heterocycles. The van der Waals surface area contributed by atoms with E-state index < -0.39 is 0 Å². The first-order valence-electron chi connectivity index (χ1n) is 5.64. The number of hydrogen-bond acceptors (Lipinski definition) is 3. The second-order valence-corrected chi connectivity index (χ2v) is 4.97. The molecule has 0 saturated heterocycles. The third kappa shape index (κ3) is 2.02. The molecule has 2 rings (SSSR count). The van der Waals surface area contributed by atoms with E-state index in [9.17, 15) is 0 Å². The van der Waals surface area contributed by atoms with E-state index in [1.165, 1.54) is 24.1 Å². The molecule has 15 heavy (non-hydrogen) atoms. The topological polar surface area (TPSA) is 51.8 Å². The van der Waals surface area contributed by atoms with Crippen LogP contribution in [0, 0.1) is 6.92 Å². The quantitative estimate of drug-likeness (QED) is 0.761. The predicted octanol–water partition coefficient (Wildman–Crippen LogP) is 1.86. The van der Waals surface area contributed by atoms with Gasteiger partial charge < -0.3 is 5.73 Å². The number of nitrogens with two attached hydrogens (primary N) is 1. The lowest BCUT2D eigenvalue weighted by Crippen LogP contribution is -2.33. The van der Waals surface area contributed by atoms with Crippen LogP contribution in [0.1, 0.15) is 49.5 Å². The minimum atomic E-state index is -0.352. The Kier molecular flexibility index (Phi) is 2.51. The molecule has 3 nitrogen and oxygen atoms in total. The van der Waals surface area contributed by atoms with Crippen molar-refractivity contribution < 1.29 is 0 Å². The van der Waals surface area contributed by atoms with E-state index in [0.717, 1.165) is 24.4 Å². The summed E-state index contributed by atoms with van der Waals surface area (Å²) in [5.41, 5.74) is 9.38. The molecule has 0 spiro atoms. The van der Waals surface area contributed by atoms with Crippen molar-refractivity contribution in [3.05, 3.63) is 22.8 Å². The molecule has 0 bridgehead atoms. The minimum Gasteiger partial charge on any atom is -0.321 e. The Balaban J connectivity index is 2.58. The highest BCUT2D eigenvalue weighted by molar-refractivity contribution is 5.32. The molecule has 3 heteroatoms. The Morgan fingerprint density at radius 3 is 2.47 bits per heavy atom. The normalized spacial score (nSPS) is 16.3. The van der Waals surface area contributed by atoms with Gasteiger partial charge in [-0.3, -0.25) is 0 Å². The predicted molar refractivity (Wildman–Crippen MR) is 60.6 cm³/mol. The minimum absolute atomic E-state index is 0.352. The van der Waals surface area contributed by atoms with Gasteiger partial charge in [-0.2, -0.15) is 0 Å². The Morgan fingerprint density at radius 2 is 1.80 bits per heavy atom. The summed E-state index contributed by atoms with van der Waals surface area (Å²) in [4.78, 5) is 9.04. The average Bonchev–Trinajstić information content (AvgIpc) is 2.15. The summed E-state index contributed by atoms with van der Waals surface area (Å²) < 4.78 is 0. The largest absolute Gasteiger partial charge is 0.321 e. The average molecular weight is 205 g/mol. The first-order valence-corrected chi connectivity index (χ1v) is 5.64. The Morgan fingerprint density at radius 1 is 1.13 bits per heavy atom. The van der Waals surface area contributed by atoms with Crippen LogP contribution in [0.25, 0.3) is 0 Å². The van der Waals surface area contributed by atoms with Crippen molar-refractivity contribution >= 4 is 0 Å². The standard InChI is InChI=1S/C12H19N3/c1-8-14-10-7-5-4-6-9(10)11(15-8)12(2,3)13/h4-7,13H2,1-3H3. The Bertz CT molecular complexity index is 377. The van der Waals surface area contributed by atoms with E-state index in [0.29, 0.717) is 0 Å². The number of fused-ring (bicyclic) bond motifs is 1. The highest BCUT2D eigenvalue weighted by atomic mass is 14.9. The lowest BCUT2D eigenvalue weighted by atomic mass is 9.88. The number of nitrogens with zero attached hydrogens (tertiary/aromatic N) is 2. The van der Waals surface area contributed by atoms with Crippen LogP contribution in [0.15, 0.2) is 0 Å². The molecule has 0 unspecified atom stereocenters. The van der Waals surface area contributed by atoms with Gasteiger partial charge in [0.15, 0.2) is 0 Å². The lowest BCUT2D eigenvalue weighted by molar-refractivity contribution is 0.510. The maximum atomic E-state index is 6.16. The molecule has 82 valence electrons. The molecule has 0 fully saturated rings. The van der Waals surface area contributed by atoms with Gasteiger partial charge in [-0.15, -0.1) is 0 Å². The van der Waals surface area contributed by atoms with Crippen LogP contribution in [-0.2, 0) is 18.4 Å². The van der Waals surface area contributed by atoms with Gasteiger partial charge in [-0.1, -0.05) is 0 Å². The van der Waals surface area contributed by atoms with Crippen molar-refractivity contribution in [2.45, 2.75) is 52.0 Å². The number of rotatable bonds is 1. The summed E-state index contributed by atoms with van der Waals surface area (Å²) >= 11 is 0. The Labute approximate surface area is 91.1 Å². The van der Waals surface area contributed by atoms with Gasteiger partial charge in [-0.05, 0) is 52.0 Å². The molecular formula is C12H19N3. The van der Waals surface area contributed by atoms with E-state index in [-0.39, 0.29) is 5.54 Å². The molecule has 0 atom stereocenters. The first kappa shape index (κ1) is 10.6. The molecular weight excluding hydrogens is 186 g/mol. The number of aromatic nitrogens is 2. The maximum Gasteiger partial charge on any atom is 0.125 e. The van der Waals surface area contributed by atoms with Crippen LogP contribution in [0.4, 0.5) is 0 Å². The van der Waals surface area contributed by atoms with Crippen molar-refractivity contribution in [2.75, 3.05) is 0 Å². The lowest BCUT2D eigenvalue weighted by Gasteiger charge is -2.26.